The second kappa shape index (κ2) is 5.46. The molecular weight excluding hydrogens is 198 g/mol. The zero-order valence-electron chi connectivity index (χ0n) is 10.8. The predicted molar refractivity (Wildman–Crippen MR) is 68.6 cm³/mol. The lowest BCUT2D eigenvalue weighted by molar-refractivity contribution is 0.133. The average molecular weight is 221 g/mol. The van der Waals surface area contributed by atoms with Gasteiger partial charge in [0.05, 0.1) is 12.6 Å². The molecule has 2 N–H and O–H groups in total. The normalized spacial score (nSPS) is 13.8. The highest BCUT2D eigenvalue weighted by molar-refractivity contribution is 5.29. The summed E-state index contributed by atoms with van der Waals surface area (Å²) in [6.07, 6.45) is 0. The number of hydrogen-bond acceptors (Lipinski definition) is 2. The lowest BCUT2D eigenvalue weighted by atomic mass is 9.86. The van der Waals surface area contributed by atoms with Crippen molar-refractivity contribution in [2.75, 3.05) is 13.2 Å². The Morgan fingerprint density at radius 2 is 1.75 bits per heavy atom. The smallest absolute Gasteiger partial charge is 0.0659 e. The zero-order chi connectivity index (χ0) is 12.2. The second-order valence-corrected chi connectivity index (χ2v) is 5.14. The van der Waals surface area contributed by atoms with Gasteiger partial charge >= 0.3 is 0 Å². The first-order valence-corrected chi connectivity index (χ1v) is 5.89. The summed E-state index contributed by atoms with van der Waals surface area (Å²) in [4.78, 5) is 0. The molecule has 1 atom stereocenters. The highest BCUT2D eigenvalue weighted by Crippen LogP contribution is 2.23. The molecule has 0 aromatic heterocycles. The molecule has 0 aliphatic rings. The van der Waals surface area contributed by atoms with Gasteiger partial charge in [0.2, 0.25) is 0 Å². The Hall–Kier alpha value is -0.860. The third-order valence-corrected chi connectivity index (χ3v) is 2.71. The van der Waals surface area contributed by atoms with Crippen LogP contribution in [0.2, 0.25) is 0 Å². The number of nitrogens with two attached hydrogens (primary N) is 1. The maximum absolute atomic E-state index is 6.02. The summed E-state index contributed by atoms with van der Waals surface area (Å²) in [5, 5.41) is 0. The first-order chi connectivity index (χ1) is 7.45. The highest BCUT2D eigenvalue weighted by Gasteiger charge is 2.14. The van der Waals surface area contributed by atoms with Crippen molar-refractivity contribution in [2.24, 2.45) is 5.73 Å². The molecule has 0 heterocycles. The lowest BCUT2D eigenvalue weighted by Crippen LogP contribution is -2.18. The molecular formula is C14H23NO. The van der Waals surface area contributed by atoms with E-state index in [0.717, 1.165) is 5.56 Å². The highest BCUT2D eigenvalue weighted by atomic mass is 16.5. The first kappa shape index (κ1) is 13.2. The van der Waals surface area contributed by atoms with Crippen LogP contribution in [0.1, 0.15) is 44.9 Å². The topological polar surface area (TPSA) is 35.2 Å². The van der Waals surface area contributed by atoms with Crippen molar-refractivity contribution in [3.63, 3.8) is 0 Å². The van der Waals surface area contributed by atoms with Gasteiger partial charge in [-0.2, -0.15) is 0 Å². The van der Waals surface area contributed by atoms with Crippen molar-refractivity contribution in [1.29, 1.82) is 0 Å². The number of benzene rings is 1. The monoisotopic (exact) mass is 221 g/mol. The summed E-state index contributed by atoms with van der Waals surface area (Å²) >= 11 is 0. The Morgan fingerprint density at radius 1 is 1.19 bits per heavy atom. The van der Waals surface area contributed by atoms with Crippen LogP contribution in [0, 0.1) is 0 Å². The molecule has 1 aromatic rings. The van der Waals surface area contributed by atoms with E-state index in [1.807, 2.05) is 6.92 Å². The molecule has 2 nitrogen and oxygen atoms in total. The van der Waals surface area contributed by atoms with Crippen LogP contribution in [0.3, 0.4) is 0 Å². The van der Waals surface area contributed by atoms with Crippen molar-refractivity contribution >= 4 is 0 Å². The number of hydrogen-bond donors (Lipinski definition) is 1. The van der Waals surface area contributed by atoms with Crippen LogP contribution in [0.4, 0.5) is 0 Å². The Bertz CT molecular complexity index is 311. The quantitative estimate of drug-likeness (QED) is 0.848. The van der Waals surface area contributed by atoms with Crippen LogP contribution in [0.15, 0.2) is 24.3 Å². The minimum atomic E-state index is -0.0195. The maximum Gasteiger partial charge on any atom is 0.0659 e. The summed E-state index contributed by atoms with van der Waals surface area (Å²) in [7, 11) is 0. The van der Waals surface area contributed by atoms with Gasteiger partial charge in [-0.05, 0) is 23.5 Å². The van der Waals surface area contributed by atoms with E-state index in [0.29, 0.717) is 13.2 Å². The third kappa shape index (κ3) is 3.62. The molecule has 0 amide bonds. The van der Waals surface area contributed by atoms with E-state index in [9.17, 15) is 0 Å². The van der Waals surface area contributed by atoms with E-state index < -0.39 is 0 Å². The van der Waals surface area contributed by atoms with Gasteiger partial charge in [-0.25, -0.2) is 0 Å². The minimum absolute atomic E-state index is 0.0195. The standard InChI is InChI=1S/C14H23NO/c1-5-16-10-13(15)11-6-8-12(9-7-11)14(2,3)4/h6-9,13H,5,10,15H2,1-4H3. The van der Waals surface area contributed by atoms with Crippen LogP contribution < -0.4 is 5.73 Å². The minimum Gasteiger partial charge on any atom is -0.380 e. The van der Waals surface area contributed by atoms with Crippen molar-refractivity contribution in [2.45, 2.75) is 39.2 Å². The Balaban J connectivity index is 2.71. The largest absolute Gasteiger partial charge is 0.380 e. The Kier molecular flexibility index (Phi) is 4.51. The molecule has 0 aliphatic heterocycles. The molecule has 1 rings (SSSR count). The van der Waals surface area contributed by atoms with E-state index in [1.54, 1.807) is 0 Å². The van der Waals surface area contributed by atoms with Gasteiger partial charge in [0.15, 0.2) is 0 Å². The van der Waals surface area contributed by atoms with Gasteiger partial charge in [0.25, 0.3) is 0 Å². The van der Waals surface area contributed by atoms with Gasteiger partial charge in [-0.3, -0.25) is 0 Å². The van der Waals surface area contributed by atoms with Crippen LogP contribution in [0.25, 0.3) is 0 Å². The lowest BCUT2D eigenvalue weighted by Gasteiger charge is -2.20. The van der Waals surface area contributed by atoms with Crippen molar-refractivity contribution < 1.29 is 4.74 Å². The SMILES string of the molecule is CCOCC(N)c1ccc(C(C)(C)C)cc1. The average Bonchev–Trinajstić information content (AvgIpc) is 2.25. The Morgan fingerprint density at radius 3 is 2.19 bits per heavy atom. The van der Waals surface area contributed by atoms with E-state index in [2.05, 4.69) is 45.0 Å². The molecule has 16 heavy (non-hydrogen) atoms. The van der Waals surface area contributed by atoms with Crippen molar-refractivity contribution in [3.05, 3.63) is 35.4 Å². The summed E-state index contributed by atoms with van der Waals surface area (Å²) < 4.78 is 5.32. The molecule has 0 spiro atoms. The third-order valence-electron chi connectivity index (χ3n) is 2.71. The van der Waals surface area contributed by atoms with Crippen LogP contribution in [0.5, 0.6) is 0 Å². The molecule has 0 aliphatic carbocycles. The maximum atomic E-state index is 6.02. The summed E-state index contributed by atoms with van der Waals surface area (Å²) in [6.45, 7) is 9.92. The fourth-order valence-corrected chi connectivity index (χ4v) is 1.57. The zero-order valence-corrected chi connectivity index (χ0v) is 10.8. The number of rotatable bonds is 4. The van der Waals surface area contributed by atoms with E-state index in [4.69, 9.17) is 10.5 Å². The van der Waals surface area contributed by atoms with Gasteiger partial charge in [0, 0.05) is 6.61 Å². The fourth-order valence-electron chi connectivity index (χ4n) is 1.57. The van der Waals surface area contributed by atoms with E-state index in [1.165, 1.54) is 5.56 Å². The molecule has 1 unspecified atom stereocenters. The summed E-state index contributed by atoms with van der Waals surface area (Å²) in [5.74, 6) is 0. The van der Waals surface area contributed by atoms with Gasteiger partial charge in [-0.15, -0.1) is 0 Å². The predicted octanol–water partition coefficient (Wildman–Crippen LogP) is 3.02. The first-order valence-electron chi connectivity index (χ1n) is 5.89. The molecule has 0 saturated heterocycles. The molecule has 90 valence electrons. The summed E-state index contributed by atoms with van der Waals surface area (Å²) in [6, 6.07) is 8.49. The van der Waals surface area contributed by atoms with Crippen LogP contribution >= 0.6 is 0 Å². The van der Waals surface area contributed by atoms with Crippen molar-refractivity contribution in [1.82, 2.24) is 0 Å². The molecule has 0 saturated carbocycles. The van der Waals surface area contributed by atoms with Gasteiger partial charge < -0.3 is 10.5 Å². The molecule has 0 radical (unpaired) electrons. The van der Waals surface area contributed by atoms with E-state index in [-0.39, 0.29) is 11.5 Å². The molecule has 0 bridgehead atoms. The van der Waals surface area contributed by atoms with Crippen LogP contribution in [-0.2, 0) is 10.2 Å². The van der Waals surface area contributed by atoms with E-state index >= 15 is 0 Å². The number of ether oxygens (including phenoxy) is 1. The molecule has 0 fully saturated rings. The van der Waals surface area contributed by atoms with Crippen molar-refractivity contribution in [3.8, 4) is 0 Å². The van der Waals surface area contributed by atoms with Crippen LogP contribution in [-0.4, -0.2) is 13.2 Å². The molecule has 2 heteroatoms. The van der Waals surface area contributed by atoms with Gasteiger partial charge in [0.1, 0.15) is 0 Å². The van der Waals surface area contributed by atoms with Gasteiger partial charge in [-0.1, -0.05) is 45.0 Å². The summed E-state index contributed by atoms with van der Waals surface area (Å²) in [5.41, 5.74) is 8.69. The molecule has 1 aromatic carbocycles. The fraction of sp³-hybridized carbons (Fsp3) is 0.571. The second-order valence-electron chi connectivity index (χ2n) is 5.14. The Labute approximate surface area is 98.8 Å².